The molecule has 1 saturated heterocycles. The number of carbonyl (C=O) groups is 2. The van der Waals surface area contributed by atoms with Crippen LogP contribution in [0.15, 0.2) is 66.9 Å². The first-order valence-electron chi connectivity index (χ1n) is 10.7. The average Bonchev–Trinajstić information content (AvgIpc) is 3.36. The molecule has 0 radical (unpaired) electrons. The fourth-order valence-electron chi connectivity index (χ4n) is 4.43. The first-order valence-corrected chi connectivity index (χ1v) is 10.7. The lowest BCUT2D eigenvalue weighted by Crippen LogP contribution is -3.11. The van der Waals surface area contributed by atoms with Gasteiger partial charge in [0.05, 0.1) is 23.5 Å². The number of carbonyl (C=O) groups excluding carboxylic acids is 2. The molecular formula is C25H29N4O2+. The van der Waals surface area contributed by atoms with E-state index in [1.165, 1.54) is 10.6 Å². The van der Waals surface area contributed by atoms with Crippen LogP contribution in [-0.4, -0.2) is 29.5 Å². The number of rotatable bonds is 6. The van der Waals surface area contributed by atoms with Crippen molar-refractivity contribution in [2.75, 3.05) is 23.7 Å². The number of quaternary nitrogens is 1. The second kappa shape index (κ2) is 9.18. The maximum absolute atomic E-state index is 12.9. The van der Waals surface area contributed by atoms with Gasteiger partial charge in [-0.15, -0.1) is 0 Å². The maximum Gasteiger partial charge on any atom is 0.279 e. The van der Waals surface area contributed by atoms with Gasteiger partial charge in [-0.1, -0.05) is 24.3 Å². The molecule has 4 rings (SSSR count). The molecule has 0 aliphatic carbocycles. The lowest BCUT2D eigenvalue weighted by Gasteiger charge is -2.22. The Labute approximate surface area is 182 Å². The van der Waals surface area contributed by atoms with Crippen LogP contribution in [0.3, 0.4) is 0 Å². The summed E-state index contributed by atoms with van der Waals surface area (Å²) in [4.78, 5) is 27.0. The van der Waals surface area contributed by atoms with Gasteiger partial charge in [-0.3, -0.25) is 9.59 Å². The number of nitrogens with one attached hydrogen (secondary N) is 3. The van der Waals surface area contributed by atoms with Crippen molar-refractivity contribution < 1.29 is 14.5 Å². The van der Waals surface area contributed by atoms with Crippen LogP contribution in [0.5, 0.6) is 0 Å². The van der Waals surface area contributed by atoms with Crippen molar-refractivity contribution in [3.8, 4) is 0 Å². The number of aromatic nitrogens is 1. The lowest BCUT2D eigenvalue weighted by molar-refractivity contribution is -0.910. The third-order valence-corrected chi connectivity index (χ3v) is 5.93. The van der Waals surface area contributed by atoms with E-state index in [-0.39, 0.29) is 11.8 Å². The summed E-state index contributed by atoms with van der Waals surface area (Å²) >= 11 is 0. The second-order valence-electron chi connectivity index (χ2n) is 8.24. The maximum atomic E-state index is 12.9. The van der Waals surface area contributed by atoms with Crippen LogP contribution in [0.4, 0.5) is 11.4 Å². The van der Waals surface area contributed by atoms with Crippen LogP contribution in [0, 0.1) is 6.92 Å². The van der Waals surface area contributed by atoms with Crippen molar-refractivity contribution in [3.05, 3.63) is 83.7 Å². The summed E-state index contributed by atoms with van der Waals surface area (Å²) < 4.78 is 2.14. The first-order chi connectivity index (χ1) is 15.0. The van der Waals surface area contributed by atoms with Crippen molar-refractivity contribution in [3.63, 3.8) is 0 Å². The van der Waals surface area contributed by atoms with Crippen molar-refractivity contribution in [2.24, 2.45) is 7.05 Å². The van der Waals surface area contributed by atoms with Crippen molar-refractivity contribution >= 4 is 23.2 Å². The largest absolute Gasteiger partial charge is 0.350 e. The van der Waals surface area contributed by atoms with Crippen LogP contribution in [0.1, 0.15) is 40.5 Å². The molecule has 6 heteroatoms. The molecule has 6 nitrogen and oxygen atoms in total. The molecule has 2 aromatic carbocycles. The summed E-state index contributed by atoms with van der Waals surface area (Å²) in [6, 6.07) is 19.3. The molecule has 0 bridgehead atoms. The number of amides is 2. The third-order valence-electron chi connectivity index (χ3n) is 5.93. The van der Waals surface area contributed by atoms with Crippen LogP contribution >= 0.6 is 0 Å². The van der Waals surface area contributed by atoms with Gasteiger partial charge in [-0.05, 0) is 48.9 Å². The standard InChI is InChI=1S/C25H28N4O2/c1-18-8-5-9-19(16-18)26-25(31)20-10-3-4-11-21(20)27-24(30)17-29-15-7-13-23(29)22-12-6-14-28(22)2/h3-6,8-12,14,16,23H,7,13,15,17H2,1-2H3,(H,26,31)(H,27,30)/p+1/t23-/m0/s1. The molecule has 1 unspecified atom stereocenters. The number of hydrogen-bond acceptors (Lipinski definition) is 2. The monoisotopic (exact) mass is 417 g/mol. The normalized spacial score (nSPS) is 18.0. The highest BCUT2D eigenvalue weighted by atomic mass is 16.2. The number of hydrogen-bond donors (Lipinski definition) is 3. The molecule has 1 aromatic heterocycles. The van der Waals surface area contributed by atoms with E-state index >= 15 is 0 Å². The fourth-order valence-corrected chi connectivity index (χ4v) is 4.43. The number of para-hydroxylation sites is 1. The minimum atomic E-state index is -0.239. The summed E-state index contributed by atoms with van der Waals surface area (Å²) in [5.74, 6) is -0.316. The number of likely N-dealkylation sites (tertiary alicyclic amines) is 1. The van der Waals surface area contributed by atoms with E-state index in [0.29, 0.717) is 23.8 Å². The van der Waals surface area contributed by atoms with Crippen LogP contribution in [0.25, 0.3) is 0 Å². The van der Waals surface area contributed by atoms with Gasteiger partial charge in [0.25, 0.3) is 11.8 Å². The Kier molecular flexibility index (Phi) is 6.18. The minimum Gasteiger partial charge on any atom is -0.350 e. The topological polar surface area (TPSA) is 67.6 Å². The van der Waals surface area contributed by atoms with Gasteiger partial charge in [0.1, 0.15) is 6.04 Å². The highest BCUT2D eigenvalue weighted by Gasteiger charge is 2.33. The summed E-state index contributed by atoms with van der Waals surface area (Å²) in [6.07, 6.45) is 4.23. The smallest absolute Gasteiger partial charge is 0.279 e. The van der Waals surface area contributed by atoms with Crippen LogP contribution in [0.2, 0.25) is 0 Å². The van der Waals surface area contributed by atoms with E-state index in [2.05, 4.69) is 40.6 Å². The zero-order valence-corrected chi connectivity index (χ0v) is 18.0. The molecule has 1 fully saturated rings. The predicted octanol–water partition coefficient (Wildman–Crippen LogP) is 2.94. The van der Waals surface area contributed by atoms with Crippen LogP contribution in [-0.2, 0) is 11.8 Å². The Morgan fingerprint density at radius 2 is 1.90 bits per heavy atom. The minimum absolute atomic E-state index is 0.0769. The Morgan fingerprint density at radius 1 is 1.06 bits per heavy atom. The highest BCUT2D eigenvalue weighted by molar-refractivity contribution is 6.10. The van der Waals surface area contributed by atoms with Crippen molar-refractivity contribution in [1.29, 1.82) is 0 Å². The number of benzene rings is 2. The molecular weight excluding hydrogens is 388 g/mol. The van der Waals surface area contributed by atoms with Crippen LogP contribution < -0.4 is 15.5 Å². The molecule has 3 N–H and O–H groups in total. The number of anilines is 2. The van der Waals surface area contributed by atoms with E-state index in [1.807, 2.05) is 37.3 Å². The first kappa shape index (κ1) is 20.9. The summed E-state index contributed by atoms with van der Waals surface area (Å²) in [5.41, 5.74) is 4.05. The molecule has 2 atom stereocenters. The van der Waals surface area contributed by atoms with Gasteiger partial charge in [-0.2, -0.15) is 0 Å². The van der Waals surface area contributed by atoms with Gasteiger partial charge in [-0.25, -0.2) is 0 Å². The fraction of sp³-hybridized carbons (Fsp3) is 0.280. The molecule has 31 heavy (non-hydrogen) atoms. The summed E-state index contributed by atoms with van der Waals surface area (Å²) in [7, 11) is 2.05. The molecule has 0 spiro atoms. The van der Waals surface area contributed by atoms with E-state index < -0.39 is 0 Å². The molecule has 2 amide bonds. The van der Waals surface area contributed by atoms with Gasteiger partial charge >= 0.3 is 0 Å². The molecule has 1 aliphatic rings. The van der Waals surface area contributed by atoms with Gasteiger partial charge in [0.15, 0.2) is 6.54 Å². The van der Waals surface area contributed by atoms with E-state index in [9.17, 15) is 9.59 Å². The Balaban J connectivity index is 1.44. The Morgan fingerprint density at radius 3 is 2.68 bits per heavy atom. The zero-order chi connectivity index (χ0) is 21.8. The van der Waals surface area contributed by atoms with E-state index in [1.54, 1.807) is 18.2 Å². The van der Waals surface area contributed by atoms with Gasteiger partial charge in [0, 0.05) is 31.8 Å². The summed E-state index contributed by atoms with van der Waals surface area (Å²) in [6.45, 7) is 3.33. The van der Waals surface area contributed by atoms with Gasteiger partial charge in [0.2, 0.25) is 0 Å². The van der Waals surface area contributed by atoms with Crippen molar-refractivity contribution in [1.82, 2.24) is 4.57 Å². The number of aryl methyl sites for hydroxylation is 2. The highest BCUT2D eigenvalue weighted by Crippen LogP contribution is 2.20. The SMILES string of the molecule is Cc1cccc(NC(=O)c2ccccc2NC(=O)C[NH+]2CCC[C@H]2c2cccn2C)c1. The van der Waals surface area contributed by atoms with E-state index in [4.69, 9.17) is 0 Å². The molecule has 2 heterocycles. The third kappa shape index (κ3) is 4.86. The molecule has 1 aliphatic heterocycles. The second-order valence-corrected chi connectivity index (χ2v) is 8.24. The Bertz CT molecular complexity index is 1090. The van der Waals surface area contributed by atoms with E-state index in [0.717, 1.165) is 30.6 Å². The quantitative estimate of drug-likeness (QED) is 0.577. The molecule has 3 aromatic rings. The molecule has 0 saturated carbocycles. The summed E-state index contributed by atoms with van der Waals surface area (Å²) in [5, 5.41) is 5.89. The number of nitrogens with zero attached hydrogens (tertiary/aromatic N) is 1. The Hall–Kier alpha value is -3.38. The van der Waals surface area contributed by atoms with Gasteiger partial charge < -0.3 is 20.1 Å². The predicted molar refractivity (Wildman–Crippen MR) is 122 cm³/mol. The average molecular weight is 418 g/mol. The molecule has 160 valence electrons. The zero-order valence-electron chi connectivity index (χ0n) is 18.0. The van der Waals surface area contributed by atoms with Crippen molar-refractivity contribution in [2.45, 2.75) is 25.8 Å². The lowest BCUT2D eigenvalue weighted by atomic mass is 10.1.